The normalized spacial score (nSPS) is 17.0. The van der Waals surface area contributed by atoms with Gasteiger partial charge in [0.25, 0.3) is 0 Å². The van der Waals surface area contributed by atoms with Crippen LogP contribution in [0.1, 0.15) is 6.42 Å². The van der Waals surface area contributed by atoms with Gasteiger partial charge in [-0.25, -0.2) is 4.99 Å². The minimum atomic E-state index is -0.0442. The van der Waals surface area contributed by atoms with Crippen LogP contribution in [0.3, 0.4) is 0 Å². The van der Waals surface area contributed by atoms with Crippen molar-refractivity contribution < 1.29 is 4.79 Å². The summed E-state index contributed by atoms with van der Waals surface area (Å²) in [5.41, 5.74) is 0.819. The maximum absolute atomic E-state index is 10.7. The Labute approximate surface area is 59.2 Å². The van der Waals surface area contributed by atoms with E-state index in [-0.39, 0.29) is 5.91 Å². The minimum Gasteiger partial charge on any atom is -0.310 e. The molecule has 0 aromatic heterocycles. The molecule has 1 heterocycles. The number of nitrogens with one attached hydrogen (secondary N) is 1. The van der Waals surface area contributed by atoms with Crippen molar-refractivity contribution in [3.05, 3.63) is 24.0 Å². The van der Waals surface area contributed by atoms with E-state index in [0.29, 0.717) is 12.2 Å². The molecule has 1 N–H and O–H groups in total. The van der Waals surface area contributed by atoms with Gasteiger partial charge in [-0.05, 0) is 6.72 Å². The first-order valence-corrected chi connectivity index (χ1v) is 2.90. The molecule has 1 aliphatic rings. The van der Waals surface area contributed by atoms with Gasteiger partial charge in [0.05, 0.1) is 6.42 Å². The fourth-order valence-corrected chi connectivity index (χ4v) is 0.823. The molecule has 0 radical (unpaired) electrons. The smallest absolute Gasteiger partial charge is 0.230 e. The molecule has 0 atom stereocenters. The lowest BCUT2D eigenvalue weighted by Gasteiger charge is -1.91. The Bertz CT molecular complexity index is 206. The van der Waals surface area contributed by atoms with E-state index in [1.165, 1.54) is 0 Å². The van der Waals surface area contributed by atoms with Gasteiger partial charge in [0, 0.05) is 5.57 Å². The van der Waals surface area contributed by atoms with Crippen LogP contribution in [-0.4, -0.2) is 12.6 Å². The first-order valence-electron chi connectivity index (χ1n) is 2.90. The average Bonchev–Trinajstić information content (AvgIpc) is 2.30. The van der Waals surface area contributed by atoms with Gasteiger partial charge in [0.2, 0.25) is 5.91 Å². The summed E-state index contributed by atoms with van der Waals surface area (Å²) in [6.45, 7) is 6.84. The number of allylic oxidation sites excluding steroid dienone is 1. The molecular weight excluding hydrogens is 128 g/mol. The third kappa shape index (κ3) is 0.978. The van der Waals surface area contributed by atoms with Gasteiger partial charge in [-0.1, -0.05) is 12.7 Å². The summed E-state index contributed by atoms with van der Waals surface area (Å²) in [5, 5.41) is 2.54. The topological polar surface area (TPSA) is 41.5 Å². The monoisotopic (exact) mass is 136 g/mol. The fourth-order valence-electron chi connectivity index (χ4n) is 0.823. The van der Waals surface area contributed by atoms with Gasteiger partial charge in [-0.2, -0.15) is 0 Å². The Morgan fingerprint density at radius 2 is 2.40 bits per heavy atom. The molecule has 0 spiro atoms. The number of amides is 1. The maximum Gasteiger partial charge on any atom is 0.230 e. The summed E-state index contributed by atoms with van der Waals surface area (Å²) in [4.78, 5) is 14.3. The van der Waals surface area contributed by atoms with Crippen molar-refractivity contribution in [1.82, 2.24) is 5.32 Å². The van der Waals surface area contributed by atoms with Crippen molar-refractivity contribution in [2.45, 2.75) is 6.42 Å². The molecule has 0 saturated carbocycles. The highest BCUT2D eigenvalue weighted by Crippen LogP contribution is 2.15. The molecule has 10 heavy (non-hydrogen) atoms. The van der Waals surface area contributed by atoms with Crippen LogP contribution in [0.5, 0.6) is 0 Å². The molecule has 1 amide bonds. The van der Waals surface area contributed by atoms with Crippen molar-refractivity contribution in [2.75, 3.05) is 0 Å². The van der Waals surface area contributed by atoms with Gasteiger partial charge in [0.1, 0.15) is 5.82 Å². The molecule has 1 aliphatic heterocycles. The summed E-state index contributed by atoms with van der Waals surface area (Å²) in [6.07, 6.45) is 1.99. The van der Waals surface area contributed by atoms with Gasteiger partial charge in [-0.15, -0.1) is 0 Å². The van der Waals surface area contributed by atoms with Crippen molar-refractivity contribution in [1.29, 1.82) is 0 Å². The maximum atomic E-state index is 10.7. The van der Waals surface area contributed by atoms with E-state index in [1.807, 2.05) is 0 Å². The van der Waals surface area contributed by atoms with Crippen molar-refractivity contribution in [3.63, 3.8) is 0 Å². The van der Waals surface area contributed by atoms with Crippen LogP contribution in [0.4, 0.5) is 0 Å². The second-order valence-electron chi connectivity index (χ2n) is 1.96. The number of carbonyl (C=O) groups excluding carboxylic acids is 1. The lowest BCUT2D eigenvalue weighted by atomic mass is 10.2. The zero-order chi connectivity index (χ0) is 7.56. The highest BCUT2D eigenvalue weighted by Gasteiger charge is 2.16. The number of aliphatic imine (C=N–C) groups is 1. The highest BCUT2D eigenvalue weighted by atomic mass is 16.1. The molecule has 0 saturated heterocycles. The standard InChI is InChI=1S/C7H8N2O/c1-3-5-4-6(10)9-7(5)8-2/h3H,1-2,4H2,(H,9,10). The molecule has 0 unspecified atom stereocenters. The molecule has 0 aromatic rings. The van der Waals surface area contributed by atoms with E-state index in [4.69, 9.17) is 0 Å². The minimum absolute atomic E-state index is 0.0442. The Morgan fingerprint density at radius 3 is 2.80 bits per heavy atom. The van der Waals surface area contributed by atoms with Crippen molar-refractivity contribution in [2.24, 2.45) is 4.99 Å². The fraction of sp³-hybridized carbons (Fsp3) is 0.143. The summed E-state index contributed by atoms with van der Waals surface area (Å²) < 4.78 is 0. The van der Waals surface area contributed by atoms with E-state index in [0.717, 1.165) is 5.57 Å². The number of rotatable bonds is 2. The Kier molecular flexibility index (Phi) is 1.67. The number of carbonyl (C=O) groups is 1. The molecule has 0 aromatic carbocycles. The zero-order valence-corrected chi connectivity index (χ0v) is 5.55. The first-order chi connectivity index (χ1) is 4.77. The van der Waals surface area contributed by atoms with Crippen LogP contribution in [-0.2, 0) is 4.79 Å². The van der Waals surface area contributed by atoms with Gasteiger partial charge < -0.3 is 5.32 Å². The van der Waals surface area contributed by atoms with Crippen molar-refractivity contribution in [3.8, 4) is 0 Å². The molecule has 0 bridgehead atoms. The Hall–Kier alpha value is -1.38. The SMILES string of the molecule is C=CC1=C(N=C)NC(=O)C1. The van der Waals surface area contributed by atoms with Crippen molar-refractivity contribution >= 4 is 12.6 Å². The molecule has 0 fully saturated rings. The molecule has 3 heteroatoms. The van der Waals surface area contributed by atoms with Crippen LogP contribution in [0.25, 0.3) is 0 Å². The van der Waals surface area contributed by atoms with Crippen LogP contribution in [0, 0.1) is 0 Å². The number of hydrogen-bond acceptors (Lipinski definition) is 2. The van der Waals surface area contributed by atoms with E-state index >= 15 is 0 Å². The van der Waals surface area contributed by atoms with Crippen LogP contribution in [0.15, 0.2) is 29.0 Å². The van der Waals surface area contributed by atoms with Gasteiger partial charge >= 0.3 is 0 Å². The van der Waals surface area contributed by atoms with E-state index in [2.05, 4.69) is 23.6 Å². The van der Waals surface area contributed by atoms with Crippen LogP contribution in [0.2, 0.25) is 0 Å². The third-order valence-corrected chi connectivity index (χ3v) is 1.32. The number of nitrogens with zero attached hydrogens (tertiary/aromatic N) is 1. The first kappa shape index (κ1) is 6.74. The zero-order valence-electron chi connectivity index (χ0n) is 5.55. The largest absolute Gasteiger partial charge is 0.310 e. The molecule has 0 aliphatic carbocycles. The van der Waals surface area contributed by atoms with E-state index in [1.54, 1.807) is 6.08 Å². The van der Waals surface area contributed by atoms with Crippen LogP contribution < -0.4 is 5.32 Å². The van der Waals surface area contributed by atoms with E-state index < -0.39 is 0 Å². The second kappa shape index (κ2) is 2.47. The average molecular weight is 136 g/mol. The van der Waals surface area contributed by atoms with Gasteiger partial charge in [-0.3, -0.25) is 4.79 Å². The molecule has 52 valence electrons. The lowest BCUT2D eigenvalue weighted by molar-refractivity contribution is -0.118. The van der Waals surface area contributed by atoms with E-state index in [9.17, 15) is 4.79 Å². The summed E-state index contributed by atoms with van der Waals surface area (Å²) in [5.74, 6) is 0.498. The lowest BCUT2D eigenvalue weighted by Crippen LogP contribution is -2.13. The Morgan fingerprint density at radius 1 is 1.70 bits per heavy atom. The molecular formula is C7H8N2O. The Balaban J connectivity index is 2.90. The predicted octanol–water partition coefficient (Wildman–Crippen LogP) is 0.605. The predicted molar refractivity (Wildman–Crippen MR) is 39.5 cm³/mol. The number of hydrogen-bond donors (Lipinski definition) is 1. The summed E-state index contributed by atoms with van der Waals surface area (Å²) >= 11 is 0. The van der Waals surface area contributed by atoms with Crippen LogP contribution >= 0.6 is 0 Å². The highest BCUT2D eigenvalue weighted by molar-refractivity contribution is 5.85. The molecule has 3 nitrogen and oxygen atoms in total. The van der Waals surface area contributed by atoms with Gasteiger partial charge in [0.15, 0.2) is 0 Å². The third-order valence-electron chi connectivity index (χ3n) is 1.32. The second-order valence-corrected chi connectivity index (χ2v) is 1.96. The molecule has 1 rings (SSSR count). The summed E-state index contributed by atoms with van der Waals surface area (Å²) in [6, 6.07) is 0. The summed E-state index contributed by atoms with van der Waals surface area (Å²) in [7, 11) is 0. The quantitative estimate of drug-likeness (QED) is 0.555.